The molecule has 1 atom stereocenters. The van der Waals surface area contributed by atoms with Crippen molar-refractivity contribution in [3.8, 4) is 0 Å². The first-order valence-electron chi connectivity index (χ1n) is 5.08. The molecule has 0 radical (unpaired) electrons. The Kier molecular flexibility index (Phi) is 5.25. The molecule has 84 valence electrons. The first kappa shape index (κ1) is 12.1. The number of hydrogen-bond acceptors (Lipinski definition) is 5. The second kappa shape index (κ2) is 6.50. The Morgan fingerprint density at radius 2 is 2.00 bits per heavy atom. The third-order valence-electron chi connectivity index (χ3n) is 1.97. The lowest BCUT2D eigenvalue weighted by molar-refractivity contribution is 0.984. The molecule has 0 spiro atoms. The smallest absolute Gasteiger partial charge is 0.146 e. The zero-order valence-electron chi connectivity index (χ0n) is 9.45. The highest BCUT2D eigenvalue weighted by Crippen LogP contribution is 2.09. The molecule has 0 fully saturated rings. The van der Waals surface area contributed by atoms with Crippen LogP contribution in [0.15, 0.2) is 12.4 Å². The van der Waals surface area contributed by atoms with Gasteiger partial charge in [-0.3, -0.25) is 4.98 Å². The number of rotatable bonds is 6. The fourth-order valence-corrected chi connectivity index (χ4v) is 1.30. The van der Waals surface area contributed by atoms with Gasteiger partial charge in [0.1, 0.15) is 11.6 Å². The van der Waals surface area contributed by atoms with Gasteiger partial charge in [-0.25, -0.2) is 4.98 Å². The molecule has 0 bridgehead atoms. The lowest BCUT2D eigenvalue weighted by Crippen LogP contribution is -2.14. The summed E-state index contributed by atoms with van der Waals surface area (Å²) < 4.78 is 0. The third kappa shape index (κ3) is 4.38. The summed E-state index contributed by atoms with van der Waals surface area (Å²) in [5.74, 6) is 1.65. The van der Waals surface area contributed by atoms with Gasteiger partial charge >= 0.3 is 0 Å². The maximum Gasteiger partial charge on any atom is 0.146 e. The van der Waals surface area contributed by atoms with Crippen molar-refractivity contribution in [2.24, 2.45) is 0 Å². The number of nitrogens with zero attached hydrogens (tertiary/aromatic N) is 2. The Hall–Kier alpha value is -0.970. The average molecular weight is 226 g/mol. The van der Waals surface area contributed by atoms with Gasteiger partial charge in [0, 0.05) is 18.3 Å². The Morgan fingerprint density at radius 1 is 1.33 bits per heavy atom. The Morgan fingerprint density at radius 3 is 2.60 bits per heavy atom. The van der Waals surface area contributed by atoms with Crippen molar-refractivity contribution in [3.05, 3.63) is 12.4 Å². The van der Waals surface area contributed by atoms with Gasteiger partial charge in [0.15, 0.2) is 0 Å². The van der Waals surface area contributed by atoms with E-state index in [2.05, 4.69) is 33.8 Å². The first-order valence-corrected chi connectivity index (χ1v) is 6.37. The fourth-order valence-electron chi connectivity index (χ4n) is 1.05. The van der Waals surface area contributed by atoms with Crippen molar-refractivity contribution in [1.29, 1.82) is 0 Å². The predicted octanol–water partition coefficient (Wildman–Crippen LogP) is 2.07. The molecule has 1 aromatic heterocycles. The van der Waals surface area contributed by atoms with Crippen LogP contribution < -0.4 is 10.6 Å². The Bertz CT molecular complexity index is 293. The molecule has 0 saturated carbocycles. The van der Waals surface area contributed by atoms with Crippen LogP contribution in [-0.2, 0) is 0 Å². The molecular formula is C10H18N4S. The minimum Gasteiger partial charge on any atom is -0.369 e. The second-order valence-corrected chi connectivity index (χ2v) is 4.52. The summed E-state index contributed by atoms with van der Waals surface area (Å²) in [6.45, 7) is 5.99. The highest BCUT2D eigenvalue weighted by atomic mass is 32.2. The topological polar surface area (TPSA) is 49.8 Å². The summed E-state index contributed by atoms with van der Waals surface area (Å²) in [4.78, 5) is 8.49. The van der Waals surface area contributed by atoms with Crippen LogP contribution in [0.2, 0.25) is 0 Å². The molecule has 1 heterocycles. The Balaban J connectivity index is 2.50. The van der Waals surface area contributed by atoms with Gasteiger partial charge in [-0.2, -0.15) is 11.8 Å². The fraction of sp³-hybridized carbons (Fsp3) is 0.600. The summed E-state index contributed by atoms with van der Waals surface area (Å²) in [5.41, 5.74) is 0. The van der Waals surface area contributed by atoms with Gasteiger partial charge in [-0.15, -0.1) is 0 Å². The van der Waals surface area contributed by atoms with E-state index in [1.807, 2.05) is 18.7 Å². The predicted molar refractivity (Wildman–Crippen MR) is 67.7 cm³/mol. The highest BCUT2D eigenvalue weighted by Gasteiger charge is 2.00. The molecule has 0 aromatic carbocycles. The number of nitrogens with one attached hydrogen (secondary N) is 2. The molecule has 0 amide bonds. The molecule has 1 aromatic rings. The minimum atomic E-state index is 0.578. The molecular weight excluding hydrogens is 208 g/mol. The zero-order valence-corrected chi connectivity index (χ0v) is 10.3. The van der Waals surface area contributed by atoms with Crippen molar-refractivity contribution in [2.45, 2.75) is 19.1 Å². The first-order chi connectivity index (χ1) is 7.26. The van der Waals surface area contributed by atoms with Crippen molar-refractivity contribution >= 4 is 23.4 Å². The summed E-state index contributed by atoms with van der Waals surface area (Å²) >= 11 is 1.83. The van der Waals surface area contributed by atoms with Crippen molar-refractivity contribution < 1.29 is 0 Å². The molecule has 15 heavy (non-hydrogen) atoms. The molecule has 0 saturated heterocycles. The van der Waals surface area contributed by atoms with Gasteiger partial charge in [-0.05, 0) is 13.2 Å². The van der Waals surface area contributed by atoms with Gasteiger partial charge in [0.25, 0.3) is 0 Å². The van der Waals surface area contributed by atoms with E-state index in [0.717, 1.165) is 24.7 Å². The minimum absolute atomic E-state index is 0.578. The largest absolute Gasteiger partial charge is 0.369 e. The van der Waals surface area contributed by atoms with E-state index < -0.39 is 0 Å². The number of aromatic nitrogens is 2. The summed E-state index contributed by atoms with van der Waals surface area (Å²) in [6.07, 6.45) is 5.58. The van der Waals surface area contributed by atoms with E-state index in [9.17, 15) is 0 Å². The van der Waals surface area contributed by atoms with Crippen LogP contribution >= 0.6 is 11.8 Å². The van der Waals surface area contributed by atoms with Gasteiger partial charge < -0.3 is 10.6 Å². The van der Waals surface area contributed by atoms with E-state index in [1.54, 1.807) is 12.4 Å². The quantitative estimate of drug-likeness (QED) is 0.777. The molecule has 5 heteroatoms. The average Bonchev–Trinajstić information content (AvgIpc) is 2.27. The second-order valence-electron chi connectivity index (χ2n) is 3.25. The van der Waals surface area contributed by atoms with E-state index >= 15 is 0 Å². The highest BCUT2D eigenvalue weighted by molar-refractivity contribution is 7.99. The monoisotopic (exact) mass is 226 g/mol. The van der Waals surface area contributed by atoms with Crippen LogP contribution in [0.5, 0.6) is 0 Å². The lowest BCUT2D eigenvalue weighted by atomic mass is 10.4. The summed E-state index contributed by atoms with van der Waals surface area (Å²) in [5, 5.41) is 6.97. The maximum absolute atomic E-state index is 4.37. The standard InChI is InChI=1S/C10H18N4S/c1-4-12-9-6-11-7-10(14-9)13-5-8(2)15-3/h6-8H,4-5H2,1-3H3,(H2,12,13,14). The van der Waals surface area contributed by atoms with Crippen LogP contribution in [-0.4, -0.2) is 34.6 Å². The zero-order chi connectivity index (χ0) is 11.1. The molecule has 1 unspecified atom stereocenters. The van der Waals surface area contributed by atoms with Crippen LogP contribution in [0.1, 0.15) is 13.8 Å². The van der Waals surface area contributed by atoms with Gasteiger partial charge in [0.2, 0.25) is 0 Å². The van der Waals surface area contributed by atoms with Crippen LogP contribution in [0, 0.1) is 0 Å². The lowest BCUT2D eigenvalue weighted by Gasteiger charge is -2.10. The number of hydrogen-bond donors (Lipinski definition) is 2. The van der Waals surface area contributed by atoms with Crippen molar-refractivity contribution in [1.82, 2.24) is 9.97 Å². The SMILES string of the molecule is CCNc1cncc(NCC(C)SC)n1. The van der Waals surface area contributed by atoms with Crippen LogP contribution in [0.4, 0.5) is 11.6 Å². The summed E-state index contributed by atoms with van der Waals surface area (Å²) in [6, 6.07) is 0. The van der Waals surface area contributed by atoms with E-state index in [-0.39, 0.29) is 0 Å². The number of thioether (sulfide) groups is 1. The van der Waals surface area contributed by atoms with E-state index in [4.69, 9.17) is 0 Å². The van der Waals surface area contributed by atoms with Gasteiger partial charge in [0.05, 0.1) is 12.4 Å². The van der Waals surface area contributed by atoms with Crippen LogP contribution in [0.3, 0.4) is 0 Å². The maximum atomic E-state index is 4.37. The van der Waals surface area contributed by atoms with Crippen molar-refractivity contribution in [2.75, 3.05) is 30.0 Å². The van der Waals surface area contributed by atoms with Gasteiger partial charge in [-0.1, -0.05) is 6.92 Å². The molecule has 4 nitrogen and oxygen atoms in total. The van der Waals surface area contributed by atoms with Crippen molar-refractivity contribution in [3.63, 3.8) is 0 Å². The van der Waals surface area contributed by atoms with E-state index in [0.29, 0.717) is 5.25 Å². The molecule has 1 rings (SSSR count). The molecule has 0 aliphatic heterocycles. The molecule has 2 N–H and O–H groups in total. The normalized spacial score (nSPS) is 12.2. The number of anilines is 2. The third-order valence-corrected chi connectivity index (χ3v) is 2.94. The Labute approximate surface area is 95.3 Å². The van der Waals surface area contributed by atoms with Crippen LogP contribution in [0.25, 0.3) is 0 Å². The molecule has 0 aliphatic rings. The van der Waals surface area contributed by atoms with E-state index in [1.165, 1.54) is 0 Å². The summed E-state index contributed by atoms with van der Waals surface area (Å²) in [7, 11) is 0. The molecule has 0 aliphatic carbocycles.